The molecule has 88 valence electrons. The van der Waals surface area contributed by atoms with Crippen molar-refractivity contribution in [2.24, 2.45) is 5.41 Å². The van der Waals surface area contributed by atoms with Gasteiger partial charge in [0.25, 0.3) is 5.91 Å². The van der Waals surface area contributed by atoms with Crippen LogP contribution in [-0.4, -0.2) is 28.9 Å². The Morgan fingerprint density at radius 1 is 1.44 bits per heavy atom. The van der Waals surface area contributed by atoms with Crippen molar-refractivity contribution in [3.8, 4) is 6.07 Å². The van der Waals surface area contributed by atoms with E-state index < -0.39 is 11.6 Å². The second kappa shape index (κ2) is 3.78. The van der Waals surface area contributed by atoms with Gasteiger partial charge in [-0.15, -0.1) is 0 Å². The van der Waals surface area contributed by atoms with E-state index in [-0.39, 0.29) is 24.3 Å². The molecule has 1 aliphatic rings. The molecule has 1 N–H and O–H groups in total. The summed E-state index contributed by atoms with van der Waals surface area (Å²) in [5.74, 6) is -0.250. The van der Waals surface area contributed by atoms with Crippen molar-refractivity contribution >= 4 is 11.9 Å². The predicted octanol–water partition coefficient (Wildman–Crippen LogP) is 1.26. The third kappa shape index (κ3) is 1.75. The molecule has 3 amide bonds. The van der Waals surface area contributed by atoms with Gasteiger partial charge >= 0.3 is 6.03 Å². The lowest BCUT2D eigenvalue weighted by atomic mass is 9.75. The number of carbonyl (C=O) groups excluding carboxylic acids is 2. The second-order valence-corrected chi connectivity index (χ2v) is 5.17. The van der Waals surface area contributed by atoms with Crippen molar-refractivity contribution in [2.75, 3.05) is 6.54 Å². The Balaban J connectivity index is 2.95. The first-order valence-corrected chi connectivity index (χ1v) is 5.25. The summed E-state index contributed by atoms with van der Waals surface area (Å²) in [5.41, 5.74) is -1.25. The Labute approximate surface area is 95.4 Å². The van der Waals surface area contributed by atoms with Crippen molar-refractivity contribution in [3.63, 3.8) is 0 Å². The summed E-state index contributed by atoms with van der Waals surface area (Å²) in [5, 5.41) is 11.2. The summed E-state index contributed by atoms with van der Waals surface area (Å²) in [6.07, 6.45) is 0.166. The minimum Gasteiger partial charge on any atom is -0.323 e. The van der Waals surface area contributed by atoms with Gasteiger partial charge in [0.1, 0.15) is 5.54 Å². The molecule has 0 bridgehead atoms. The quantitative estimate of drug-likeness (QED) is 0.716. The zero-order chi connectivity index (χ0) is 12.6. The van der Waals surface area contributed by atoms with Crippen LogP contribution in [0.15, 0.2) is 0 Å². The fourth-order valence-electron chi connectivity index (χ4n) is 1.57. The second-order valence-electron chi connectivity index (χ2n) is 5.17. The molecular weight excluding hydrogens is 206 g/mol. The molecule has 1 heterocycles. The number of rotatable bonds is 2. The molecule has 1 rings (SSSR count). The molecule has 0 aliphatic carbocycles. The van der Waals surface area contributed by atoms with Crippen LogP contribution in [0.25, 0.3) is 0 Å². The van der Waals surface area contributed by atoms with Gasteiger partial charge in [0.15, 0.2) is 0 Å². The number of imide groups is 1. The van der Waals surface area contributed by atoms with Gasteiger partial charge in [0.05, 0.1) is 12.5 Å². The van der Waals surface area contributed by atoms with Crippen LogP contribution < -0.4 is 5.32 Å². The maximum atomic E-state index is 12.1. The lowest BCUT2D eigenvalue weighted by molar-refractivity contribution is -0.134. The molecule has 1 unspecified atom stereocenters. The molecule has 0 radical (unpaired) electrons. The maximum absolute atomic E-state index is 12.1. The van der Waals surface area contributed by atoms with Crippen LogP contribution in [0.1, 0.15) is 34.1 Å². The van der Waals surface area contributed by atoms with Crippen molar-refractivity contribution in [1.29, 1.82) is 5.26 Å². The fraction of sp³-hybridized carbons (Fsp3) is 0.727. The smallest absolute Gasteiger partial charge is 0.323 e. The lowest BCUT2D eigenvalue weighted by Gasteiger charge is -2.35. The van der Waals surface area contributed by atoms with Gasteiger partial charge in [0.2, 0.25) is 0 Å². The molecule has 5 heteroatoms. The van der Waals surface area contributed by atoms with E-state index in [1.807, 2.05) is 26.8 Å². The van der Waals surface area contributed by atoms with Gasteiger partial charge in [-0.25, -0.2) is 4.79 Å². The summed E-state index contributed by atoms with van der Waals surface area (Å²) in [6.45, 7) is 7.59. The Morgan fingerprint density at radius 3 is 2.38 bits per heavy atom. The average Bonchev–Trinajstić information content (AvgIpc) is 2.36. The predicted molar refractivity (Wildman–Crippen MR) is 58.3 cm³/mol. The van der Waals surface area contributed by atoms with Crippen molar-refractivity contribution in [3.05, 3.63) is 0 Å². The Hall–Kier alpha value is -1.57. The van der Waals surface area contributed by atoms with Gasteiger partial charge in [-0.05, 0) is 12.3 Å². The number of nitrogens with one attached hydrogen (secondary N) is 1. The molecule has 0 spiro atoms. The molecule has 1 aliphatic heterocycles. The van der Waals surface area contributed by atoms with Crippen molar-refractivity contribution in [2.45, 2.75) is 39.7 Å². The van der Waals surface area contributed by atoms with Gasteiger partial charge < -0.3 is 5.32 Å². The third-order valence-electron chi connectivity index (χ3n) is 3.22. The first-order chi connectivity index (χ1) is 7.24. The van der Waals surface area contributed by atoms with Crippen molar-refractivity contribution < 1.29 is 9.59 Å². The summed E-state index contributed by atoms with van der Waals surface area (Å²) in [4.78, 5) is 24.9. The Morgan fingerprint density at radius 2 is 2.00 bits per heavy atom. The maximum Gasteiger partial charge on any atom is 0.325 e. The number of carbonyl (C=O) groups is 2. The highest BCUT2D eigenvalue weighted by Crippen LogP contribution is 2.35. The van der Waals surface area contributed by atoms with E-state index in [2.05, 4.69) is 5.32 Å². The van der Waals surface area contributed by atoms with Crippen LogP contribution in [0.4, 0.5) is 4.79 Å². The highest BCUT2D eigenvalue weighted by molar-refractivity contribution is 6.07. The Kier molecular flexibility index (Phi) is 2.95. The monoisotopic (exact) mass is 223 g/mol. The first-order valence-electron chi connectivity index (χ1n) is 5.25. The molecular formula is C11H17N3O2. The number of hydrogen-bond donors (Lipinski definition) is 1. The lowest BCUT2D eigenvalue weighted by Crippen LogP contribution is -2.54. The topological polar surface area (TPSA) is 73.2 Å². The van der Waals surface area contributed by atoms with Gasteiger partial charge in [-0.3, -0.25) is 9.69 Å². The van der Waals surface area contributed by atoms with Gasteiger partial charge in [-0.1, -0.05) is 20.8 Å². The van der Waals surface area contributed by atoms with Crippen LogP contribution in [0.2, 0.25) is 0 Å². The SMILES string of the molecule is CC(C)(C)C1(C)NC(=O)N(CCC#N)C1=O. The van der Waals surface area contributed by atoms with Crippen molar-refractivity contribution in [1.82, 2.24) is 10.2 Å². The van der Waals surface area contributed by atoms with E-state index in [1.165, 1.54) is 0 Å². The number of amides is 3. The summed E-state index contributed by atoms with van der Waals surface area (Å²) >= 11 is 0. The fourth-order valence-corrected chi connectivity index (χ4v) is 1.57. The van der Waals surface area contributed by atoms with Crippen LogP contribution in [0.5, 0.6) is 0 Å². The summed E-state index contributed by atoms with van der Waals surface area (Å²) in [7, 11) is 0. The van der Waals surface area contributed by atoms with Gasteiger partial charge in [-0.2, -0.15) is 5.26 Å². The molecule has 5 nitrogen and oxygen atoms in total. The number of nitrogens with zero attached hydrogens (tertiary/aromatic N) is 2. The molecule has 1 atom stereocenters. The highest BCUT2D eigenvalue weighted by Gasteiger charge is 2.54. The summed E-state index contributed by atoms with van der Waals surface area (Å²) in [6, 6.07) is 1.52. The molecule has 0 saturated carbocycles. The van der Waals surface area contributed by atoms with Crippen LogP contribution >= 0.6 is 0 Å². The minimum atomic E-state index is -0.889. The normalized spacial score (nSPS) is 25.6. The van der Waals surface area contributed by atoms with Crippen LogP contribution in [0, 0.1) is 16.7 Å². The standard InChI is InChI=1S/C11H17N3O2/c1-10(2,3)11(4)8(15)14(7-5-6-12)9(16)13-11/h5,7H2,1-4H3,(H,13,16). The van der Waals surface area contributed by atoms with Crippen LogP contribution in [0.3, 0.4) is 0 Å². The zero-order valence-electron chi connectivity index (χ0n) is 10.1. The van der Waals surface area contributed by atoms with Gasteiger partial charge in [0, 0.05) is 6.54 Å². The third-order valence-corrected chi connectivity index (χ3v) is 3.22. The molecule has 0 aromatic rings. The van der Waals surface area contributed by atoms with E-state index in [0.717, 1.165) is 4.90 Å². The number of hydrogen-bond acceptors (Lipinski definition) is 3. The minimum absolute atomic E-state index is 0.160. The van der Waals surface area contributed by atoms with E-state index in [4.69, 9.17) is 5.26 Å². The zero-order valence-corrected chi connectivity index (χ0v) is 10.1. The molecule has 0 aromatic heterocycles. The van der Waals surface area contributed by atoms with E-state index in [0.29, 0.717) is 0 Å². The first kappa shape index (κ1) is 12.5. The summed E-state index contributed by atoms with van der Waals surface area (Å²) < 4.78 is 0. The molecule has 1 fully saturated rings. The van der Waals surface area contributed by atoms with E-state index in [1.54, 1.807) is 6.92 Å². The van der Waals surface area contributed by atoms with Crippen LogP contribution in [-0.2, 0) is 4.79 Å². The molecule has 16 heavy (non-hydrogen) atoms. The Bertz CT molecular complexity index is 364. The molecule has 1 saturated heterocycles. The highest BCUT2D eigenvalue weighted by atomic mass is 16.2. The number of urea groups is 1. The largest absolute Gasteiger partial charge is 0.325 e. The molecule has 0 aromatic carbocycles. The van der Waals surface area contributed by atoms with E-state index in [9.17, 15) is 9.59 Å². The van der Waals surface area contributed by atoms with E-state index >= 15 is 0 Å². The number of nitriles is 1. The average molecular weight is 223 g/mol.